The Morgan fingerprint density at radius 3 is 2.62 bits per heavy atom. The van der Waals surface area contributed by atoms with Crippen LogP contribution in [0.4, 0.5) is 0 Å². The molecule has 0 amide bonds. The average molecular weight is 292 g/mol. The van der Waals surface area contributed by atoms with E-state index in [0.717, 1.165) is 32.1 Å². The second-order valence-electron chi connectivity index (χ2n) is 7.87. The lowest BCUT2D eigenvalue weighted by Crippen LogP contribution is -2.60. The summed E-state index contributed by atoms with van der Waals surface area (Å²) in [5, 5.41) is 8.10. The maximum absolute atomic E-state index is 4.33. The minimum absolute atomic E-state index is 0.312. The van der Waals surface area contributed by atoms with E-state index in [1.54, 1.807) is 0 Å². The van der Waals surface area contributed by atoms with Crippen LogP contribution in [0.15, 0.2) is 18.5 Å². The molecule has 1 aromatic heterocycles. The maximum Gasteiger partial charge on any atom is 0.0536 e. The Balaban J connectivity index is 1.98. The third kappa shape index (κ3) is 4.82. The van der Waals surface area contributed by atoms with Crippen LogP contribution >= 0.6 is 0 Å². The van der Waals surface area contributed by atoms with Gasteiger partial charge in [-0.05, 0) is 23.8 Å². The van der Waals surface area contributed by atoms with E-state index in [0.29, 0.717) is 17.5 Å². The number of nitrogens with zero attached hydrogens (tertiary/aromatic N) is 3. The number of rotatable bonds is 5. The van der Waals surface area contributed by atoms with Crippen molar-refractivity contribution in [2.75, 3.05) is 19.6 Å². The van der Waals surface area contributed by atoms with Gasteiger partial charge in [0.15, 0.2) is 0 Å². The van der Waals surface area contributed by atoms with Crippen LogP contribution in [0.1, 0.15) is 41.0 Å². The van der Waals surface area contributed by atoms with Crippen molar-refractivity contribution in [3.05, 3.63) is 18.5 Å². The van der Waals surface area contributed by atoms with E-state index in [9.17, 15) is 0 Å². The Labute approximate surface area is 129 Å². The van der Waals surface area contributed by atoms with Crippen molar-refractivity contribution in [2.24, 2.45) is 11.3 Å². The lowest BCUT2D eigenvalue weighted by Gasteiger charge is -2.45. The monoisotopic (exact) mass is 292 g/mol. The van der Waals surface area contributed by atoms with Gasteiger partial charge in [0.1, 0.15) is 0 Å². The van der Waals surface area contributed by atoms with Gasteiger partial charge in [-0.15, -0.1) is 0 Å². The highest BCUT2D eigenvalue weighted by Crippen LogP contribution is 2.25. The first-order valence-electron chi connectivity index (χ1n) is 8.31. The Hall–Kier alpha value is -0.870. The SMILES string of the molecule is CC(C)CC1CNC(C(C)(C)C)CN1CCn1cccn1. The van der Waals surface area contributed by atoms with E-state index in [1.807, 2.05) is 16.9 Å². The molecule has 0 saturated carbocycles. The van der Waals surface area contributed by atoms with Crippen molar-refractivity contribution in [1.82, 2.24) is 20.0 Å². The van der Waals surface area contributed by atoms with E-state index in [4.69, 9.17) is 0 Å². The zero-order chi connectivity index (χ0) is 15.5. The van der Waals surface area contributed by atoms with E-state index in [1.165, 1.54) is 6.42 Å². The fourth-order valence-corrected chi connectivity index (χ4v) is 3.15. The van der Waals surface area contributed by atoms with Gasteiger partial charge in [0.2, 0.25) is 0 Å². The summed E-state index contributed by atoms with van der Waals surface area (Å²) in [6.07, 6.45) is 5.19. The Kier molecular flexibility index (Phi) is 5.44. The first kappa shape index (κ1) is 16.5. The number of aromatic nitrogens is 2. The smallest absolute Gasteiger partial charge is 0.0536 e. The van der Waals surface area contributed by atoms with E-state index >= 15 is 0 Å². The topological polar surface area (TPSA) is 33.1 Å². The van der Waals surface area contributed by atoms with Crippen LogP contribution < -0.4 is 5.32 Å². The van der Waals surface area contributed by atoms with Crippen molar-refractivity contribution in [3.63, 3.8) is 0 Å². The normalized spacial score (nSPS) is 24.7. The van der Waals surface area contributed by atoms with Crippen LogP contribution in [0.5, 0.6) is 0 Å². The average Bonchev–Trinajstić information content (AvgIpc) is 2.88. The molecule has 1 aromatic rings. The molecule has 21 heavy (non-hydrogen) atoms. The van der Waals surface area contributed by atoms with Gasteiger partial charge in [-0.1, -0.05) is 34.6 Å². The molecule has 1 saturated heterocycles. The van der Waals surface area contributed by atoms with E-state index in [-0.39, 0.29) is 0 Å². The molecule has 2 heterocycles. The van der Waals surface area contributed by atoms with E-state index < -0.39 is 0 Å². The molecule has 2 atom stereocenters. The minimum Gasteiger partial charge on any atom is -0.311 e. The first-order chi connectivity index (χ1) is 9.86. The summed E-state index contributed by atoms with van der Waals surface area (Å²) in [6, 6.07) is 3.22. The molecule has 0 aliphatic carbocycles. The van der Waals surface area contributed by atoms with Crippen LogP contribution in [0.2, 0.25) is 0 Å². The fourth-order valence-electron chi connectivity index (χ4n) is 3.15. The molecule has 0 bridgehead atoms. The molecular formula is C17H32N4. The zero-order valence-corrected chi connectivity index (χ0v) is 14.3. The molecule has 2 unspecified atom stereocenters. The standard InChI is InChI=1S/C17H32N4/c1-14(2)11-15-12-18-16(17(3,4)5)13-20(15)9-10-21-8-6-7-19-21/h6-8,14-16,18H,9-13H2,1-5H3. The molecule has 1 aliphatic heterocycles. The summed E-state index contributed by atoms with van der Waals surface area (Å²) in [4.78, 5) is 2.67. The van der Waals surface area contributed by atoms with Gasteiger partial charge in [0.05, 0.1) is 6.54 Å². The van der Waals surface area contributed by atoms with Gasteiger partial charge in [0.25, 0.3) is 0 Å². The summed E-state index contributed by atoms with van der Waals surface area (Å²) in [5.41, 5.74) is 0.312. The molecule has 1 N–H and O–H groups in total. The van der Waals surface area contributed by atoms with Gasteiger partial charge in [-0.2, -0.15) is 5.10 Å². The molecule has 1 aliphatic rings. The molecule has 0 radical (unpaired) electrons. The van der Waals surface area contributed by atoms with E-state index in [2.05, 4.69) is 56.1 Å². The quantitative estimate of drug-likeness (QED) is 0.905. The lowest BCUT2D eigenvalue weighted by molar-refractivity contribution is 0.0714. The summed E-state index contributed by atoms with van der Waals surface area (Å²) in [5.74, 6) is 0.746. The molecule has 4 heteroatoms. The zero-order valence-electron chi connectivity index (χ0n) is 14.3. The molecule has 0 spiro atoms. The van der Waals surface area contributed by atoms with Crippen molar-refractivity contribution in [3.8, 4) is 0 Å². The molecule has 2 rings (SSSR count). The van der Waals surface area contributed by atoms with Crippen LogP contribution in [-0.4, -0.2) is 46.4 Å². The number of piperazine rings is 1. The minimum atomic E-state index is 0.312. The predicted molar refractivity (Wildman–Crippen MR) is 88.3 cm³/mol. The van der Waals surface area contributed by atoms with Gasteiger partial charge < -0.3 is 5.32 Å². The second kappa shape index (κ2) is 6.93. The van der Waals surface area contributed by atoms with Crippen molar-refractivity contribution < 1.29 is 0 Å². The highest BCUT2D eigenvalue weighted by Gasteiger charge is 2.33. The molecular weight excluding hydrogens is 260 g/mol. The summed E-state index contributed by atoms with van der Waals surface area (Å²) < 4.78 is 2.04. The summed E-state index contributed by atoms with van der Waals surface area (Å²) in [7, 11) is 0. The fraction of sp³-hybridized carbons (Fsp3) is 0.824. The van der Waals surface area contributed by atoms with Crippen LogP contribution in [0, 0.1) is 11.3 Å². The first-order valence-corrected chi connectivity index (χ1v) is 8.31. The molecule has 0 aromatic carbocycles. The largest absolute Gasteiger partial charge is 0.311 e. The molecule has 4 nitrogen and oxygen atoms in total. The van der Waals surface area contributed by atoms with Crippen LogP contribution in [-0.2, 0) is 6.54 Å². The Morgan fingerprint density at radius 2 is 2.05 bits per heavy atom. The van der Waals surface area contributed by atoms with Gasteiger partial charge in [-0.3, -0.25) is 9.58 Å². The van der Waals surface area contributed by atoms with Crippen molar-refractivity contribution in [2.45, 2.75) is 59.7 Å². The van der Waals surface area contributed by atoms with Gasteiger partial charge >= 0.3 is 0 Å². The number of nitrogens with one attached hydrogen (secondary N) is 1. The second-order valence-corrected chi connectivity index (χ2v) is 7.87. The third-order valence-corrected chi connectivity index (χ3v) is 4.50. The molecule has 1 fully saturated rings. The van der Waals surface area contributed by atoms with Crippen LogP contribution in [0.3, 0.4) is 0 Å². The highest BCUT2D eigenvalue weighted by molar-refractivity contribution is 4.92. The Morgan fingerprint density at radius 1 is 1.29 bits per heavy atom. The predicted octanol–water partition coefficient (Wildman–Crippen LogP) is 2.62. The Bertz CT molecular complexity index is 405. The number of hydrogen-bond acceptors (Lipinski definition) is 3. The van der Waals surface area contributed by atoms with Crippen molar-refractivity contribution in [1.29, 1.82) is 0 Å². The third-order valence-electron chi connectivity index (χ3n) is 4.50. The summed E-state index contributed by atoms with van der Waals surface area (Å²) >= 11 is 0. The summed E-state index contributed by atoms with van der Waals surface area (Å²) in [6.45, 7) is 16.0. The van der Waals surface area contributed by atoms with Crippen molar-refractivity contribution >= 4 is 0 Å². The highest BCUT2D eigenvalue weighted by atomic mass is 15.3. The van der Waals surface area contributed by atoms with Gasteiger partial charge in [-0.25, -0.2) is 0 Å². The lowest BCUT2D eigenvalue weighted by atomic mass is 9.84. The van der Waals surface area contributed by atoms with Gasteiger partial charge in [0, 0.05) is 44.1 Å². The molecule has 120 valence electrons. The maximum atomic E-state index is 4.33. The van der Waals surface area contributed by atoms with Crippen LogP contribution in [0.25, 0.3) is 0 Å². The number of hydrogen-bond donors (Lipinski definition) is 1.